The van der Waals surface area contributed by atoms with E-state index in [2.05, 4.69) is 25.2 Å². The van der Waals surface area contributed by atoms with Crippen molar-refractivity contribution in [2.24, 2.45) is 0 Å². The third-order valence-electron chi connectivity index (χ3n) is 5.02. The number of nitrogens with one attached hydrogen (secondary N) is 1. The van der Waals surface area contributed by atoms with E-state index < -0.39 is 0 Å². The Morgan fingerprint density at radius 2 is 1.96 bits per heavy atom. The quantitative estimate of drug-likeness (QED) is 0.904. The van der Waals surface area contributed by atoms with Crippen LogP contribution >= 0.6 is 0 Å². The Labute approximate surface area is 141 Å². The van der Waals surface area contributed by atoms with Gasteiger partial charge in [-0.25, -0.2) is 9.50 Å². The van der Waals surface area contributed by atoms with Crippen LogP contribution in [-0.2, 0) is 4.79 Å². The van der Waals surface area contributed by atoms with E-state index in [1.54, 1.807) is 10.7 Å². The molecule has 1 saturated heterocycles. The molecule has 0 radical (unpaired) electrons. The zero-order valence-electron chi connectivity index (χ0n) is 13.9. The van der Waals surface area contributed by atoms with Gasteiger partial charge in [-0.3, -0.25) is 9.69 Å². The number of piperazine rings is 1. The van der Waals surface area contributed by atoms with Gasteiger partial charge in [0, 0.05) is 44.6 Å². The molecule has 0 spiro atoms. The first-order valence-corrected chi connectivity index (χ1v) is 8.85. The third kappa shape index (κ3) is 3.36. The number of carbonyl (C=O) groups is 1. The minimum atomic E-state index is 0.174. The Bertz CT molecular complexity index is 700. The van der Waals surface area contributed by atoms with Gasteiger partial charge in [0.15, 0.2) is 5.65 Å². The molecule has 7 heteroatoms. The summed E-state index contributed by atoms with van der Waals surface area (Å²) in [4.78, 5) is 20.9. The number of anilines is 1. The second-order valence-corrected chi connectivity index (χ2v) is 6.73. The highest BCUT2D eigenvalue weighted by atomic mass is 16.2. The van der Waals surface area contributed by atoms with Crippen molar-refractivity contribution in [1.29, 1.82) is 0 Å². The first-order chi connectivity index (χ1) is 11.8. The summed E-state index contributed by atoms with van der Waals surface area (Å²) in [6.45, 7) is 4.08. The largest absolute Gasteiger partial charge is 0.353 e. The molecular weight excluding hydrogens is 304 g/mol. The number of nitrogens with zero attached hydrogens (tertiary/aromatic N) is 5. The second-order valence-electron chi connectivity index (χ2n) is 6.73. The van der Waals surface area contributed by atoms with E-state index in [1.807, 2.05) is 18.3 Å². The van der Waals surface area contributed by atoms with Crippen LogP contribution < -0.4 is 10.2 Å². The molecule has 0 unspecified atom stereocenters. The molecule has 0 atom stereocenters. The fourth-order valence-electron chi connectivity index (χ4n) is 3.66. The predicted molar refractivity (Wildman–Crippen MR) is 92.0 cm³/mol. The molecule has 1 saturated carbocycles. The highest BCUT2D eigenvalue weighted by molar-refractivity contribution is 5.78. The summed E-state index contributed by atoms with van der Waals surface area (Å²) >= 11 is 0. The molecular formula is C17H24N6O. The summed E-state index contributed by atoms with van der Waals surface area (Å²) < 4.78 is 1.80. The molecule has 0 bridgehead atoms. The zero-order valence-corrected chi connectivity index (χ0v) is 13.9. The zero-order chi connectivity index (χ0) is 16.4. The number of rotatable bonds is 4. The number of fused-ring (bicyclic) bond motifs is 1. The van der Waals surface area contributed by atoms with Gasteiger partial charge in [0.05, 0.1) is 6.54 Å². The van der Waals surface area contributed by atoms with Crippen molar-refractivity contribution in [2.75, 3.05) is 37.6 Å². The third-order valence-corrected chi connectivity index (χ3v) is 5.02. The monoisotopic (exact) mass is 328 g/mol. The molecule has 1 N–H and O–H groups in total. The van der Waals surface area contributed by atoms with Crippen molar-refractivity contribution in [3.63, 3.8) is 0 Å². The van der Waals surface area contributed by atoms with E-state index in [0.29, 0.717) is 12.6 Å². The lowest BCUT2D eigenvalue weighted by Gasteiger charge is -2.35. The van der Waals surface area contributed by atoms with Crippen molar-refractivity contribution >= 4 is 17.4 Å². The Kier molecular flexibility index (Phi) is 4.34. The molecule has 128 valence electrons. The van der Waals surface area contributed by atoms with E-state index in [0.717, 1.165) is 50.5 Å². The summed E-state index contributed by atoms with van der Waals surface area (Å²) in [5.74, 6) is 1.14. The van der Waals surface area contributed by atoms with Gasteiger partial charge in [-0.2, -0.15) is 0 Å². The van der Waals surface area contributed by atoms with Gasteiger partial charge >= 0.3 is 0 Å². The summed E-state index contributed by atoms with van der Waals surface area (Å²) in [6.07, 6.45) is 8.40. The van der Waals surface area contributed by atoms with Crippen molar-refractivity contribution < 1.29 is 4.79 Å². The number of carbonyl (C=O) groups excluding carboxylic acids is 1. The standard InChI is InChI=1S/C17H24N6O/c24-17(19-14-3-1-2-4-14)13-21-9-11-22(12-10-21)16-6-5-15-18-7-8-23(15)20-16/h5-8,14H,1-4,9-13H2,(H,19,24). The van der Waals surface area contributed by atoms with Gasteiger partial charge in [0.25, 0.3) is 0 Å². The molecule has 3 heterocycles. The van der Waals surface area contributed by atoms with Gasteiger partial charge < -0.3 is 10.2 Å². The van der Waals surface area contributed by atoms with Crippen LogP contribution in [0.15, 0.2) is 24.5 Å². The Balaban J connectivity index is 1.28. The van der Waals surface area contributed by atoms with Crippen LogP contribution in [-0.4, -0.2) is 64.2 Å². The maximum absolute atomic E-state index is 12.1. The summed E-state index contributed by atoms with van der Waals surface area (Å²) in [5.41, 5.74) is 0.862. The van der Waals surface area contributed by atoms with Crippen LogP contribution in [0.2, 0.25) is 0 Å². The highest BCUT2D eigenvalue weighted by Gasteiger charge is 2.22. The molecule has 2 aromatic rings. The van der Waals surface area contributed by atoms with E-state index in [1.165, 1.54) is 12.8 Å². The fourth-order valence-corrected chi connectivity index (χ4v) is 3.66. The van der Waals surface area contributed by atoms with Crippen LogP contribution in [0.4, 0.5) is 5.82 Å². The van der Waals surface area contributed by atoms with Crippen molar-refractivity contribution in [1.82, 2.24) is 24.8 Å². The molecule has 2 aliphatic rings. The van der Waals surface area contributed by atoms with Crippen molar-refractivity contribution in [3.8, 4) is 0 Å². The highest BCUT2D eigenvalue weighted by Crippen LogP contribution is 2.18. The van der Waals surface area contributed by atoms with E-state index in [4.69, 9.17) is 0 Å². The molecule has 0 aromatic carbocycles. The molecule has 2 fully saturated rings. The van der Waals surface area contributed by atoms with Crippen LogP contribution in [0.3, 0.4) is 0 Å². The SMILES string of the molecule is O=C(CN1CCN(c2ccc3nccn3n2)CC1)NC1CCCC1. The summed E-state index contributed by atoms with van der Waals surface area (Å²) in [5, 5.41) is 7.77. The maximum atomic E-state index is 12.1. The van der Waals surface area contributed by atoms with Crippen LogP contribution in [0.5, 0.6) is 0 Å². The smallest absolute Gasteiger partial charge is 0.234 e. The fraction of sp³-hybridized carbons (Fsp3) is 0.588. The first kappa shape index (κ1) is 15.4. The lowest BCUT2D eigenvalue weighted by atomic mass is 10.2. The minimum Gasteiger partial charge on any atom is -0.353 e. The first-order valence-electron chi connectivity index (χ1n) is 8.85. The van der Waals surface area contributed by atoms with Gasteiger partial charge in [-0.1, -0.05) is 12.8 Å². The van der Waals surface area contributed by atoms with E-state index in [-0.39, 0.29) is 5.91 Å². The van der Waals surface area contributed by atoms with Gasteiger partial charge in [0.2, 0.25) is 5.91 Å². The van der Waals surface area contributed by atoms with Gasteiger partial charge in [-0.05, 0) is 25.0 Å². The lowest BCUT2D eigenvalue weighted by Crippen LogP contribution is -2.50. The lowest BCUT2D eigenvalue weighted by molar-refractivity contribution is -0.123. The number of amides is 1. The maximum Gasteiger partial charge on any atom is 0.234 e. The van der Waals surface area contributed by atoms with Crippen molar-refractivity contribution in [3.05, 3.63) is 24.5 Å². The number of hydrogen-bond donors (Lipinski definition) is 1. The molecule has 24 heavy (non-hydrogen) atoms. The number of hydrogen-bond acceptors (Lipinski definition) is 5. The molecule has 1 aliphatic heterocycles. The summed E-state index contributed by atoms with van der Waals surface area (Å²) in [6, 6.07) is 4.42. The normalized spacial score (nSPS) is 19.9. The Morgan fingerprint density at radius 3 is 2.75 bits per heavy atom. The average molecular weight is 328 g/mol. The number of imidazole rings is 1. The van der Waals surface area contributed by atoms with E-state index in [9.17, 15) is 4.79 Å². The van der Waals surface area contributed by atoms with E-state index >= 15 is 0 Å². The van der Waals surface area contributed by atoms with Crippen LogP contribution in [0.1, 0.15) is 25.7 Å². The Morgan fingerprint density at radius 1 is 1.17 bits per heavy atom. The average Bonchev–Trinajstić information content (AvgIpc) is 3.26. The molecule has 2 aromatic heterocycles. The number of aromatic nitrogens is 3. The minimum absolute atomic E-state index is 0.174. The van der Waals surface area contributed by atoms with Crippen LogP contribution in [0.25, 0.3) is 5.65 Å². The second kappa shape index (κ2) is 6.76. The predicted octanol–water partition coefficient (Wildman–Crippen LogP) is 0.910. The van der Waals surface area contributed by atoms with Gasteiger partial charge in [0.1, 0.15) is 5.82 Å². The summed E-state index contributed by atoms with van der Waals surface area (Å²) in [7, 11) is 0. The van der Waals surface area contributed by atoms with Crippen molar-refractivity contribution in [2.45, 2.75) is 31.7 Å². The Hall–Kier alpha value is -2.15. The topological polar surface area (TPSA) is 65.8 Å². The molecule has 4 rings (SSSR count). The molecule has 1 aliphatic carbocycles. The van der Waals surface area contributed by atoms with Crippen LogP contribution in [0, 0.1) is 0 Å². The van der Waals surface area contributed by atoms with Gasteiger partial charge in [-0.15, -0.1) is 5.10 Å². The molecule has 7 nitrogen and oxygen atoms in total. The molecule has 1 amide bonds.